The summed E-state index contributed by atoms with van der Waals surface area (Å²) in [4.78, 5) is 29.5. The van der Waals surface area contributed by atoms with Crippen LogP contribution in [0.1, 0.15) is 15.9 Å². The van der Waals surface area contributed by atoms with Crippen molar-refractivity contribution < 1.29 is 9.90 Å². The summed E-state index contributed by atoms with van der Waals surface area (Å²) in [6.45, 7) is 4.14. The molecule has 1 atom stereocenters. The minimum absolute atomic E-state index is 0.0944. The van der Waals surface area contributed by atoms with Crippen LogP contribution in [0.2, 0.25) is 0 Å². The number of piperazine rings is 1. The van der Waals surface area contributed by atoms with E-state index in [0.717, 1.165) is 31.2 Å². The highest BCUT2D eigenvalue weighted by atomic mass is 32.2. The highest BCUT2D eigenvalue weighted by Gasteiger charge is 2.32. The molecule has 6 nitrogen and oxygen atoms in total. The highest BCUT2D eigenvalue weighted by molar-refractivity contribution is 8.17. The fraction of sp³-hybridized carbons (Fsp3) is 0.467. The van der Waals surface area contributed by atoms with Crippen LogP contribution in [-0.2, 0) is 5.75 Å². The molecule has 4 heterocycles. The number of fused-ring (bicyclic) bond motifs is 3. The van der Waals surface area contributed by atoms with Gasteiger partial charge in [0.25, 0.3) is 0 Å². The average molecular weight is 384 g/mol. The maximum Gasteiger partial charge on any atom is 0.342 e. The van der Waals surface area contributed by atoms with Gasteiger partial charge < -0.3 is 14.4 Å². The summed E-state index contributed by atoms with van der Waals surface area (Å²) < 4.78 is 2.16. The Bertz CT molecular complexity index is 855. The molecular weight excluding hydrogens is 366 g/mol. The van der Waals surface area contributed by atoms with Gasteiger partial charge in [-0.05, 0) is 7.05 Å². The van der Waals surface area contributed by atoms with Crippen molar-refractivity contribution in [3.05, 3.63) is 32.9 Å². The Kier molecular flexibility index (Phi) is 4.38. The summed E-state index contributed by atoms with van der Waals surface area (Å²) in [5.74, 6) is -0.573. The number of thiazole rings is 1. The largest absolute Gasteiger partial charge is 0.477 e. The van der Waals surface area contributed by atoms with Gasteiger partial charge in [0, 0.05) is 49.1 Å². The van der Waals surface area contributed by atoms with Crippen molar-refractivity contribution in [2.75, 3.05) is 33.2 Å². The molecular formula is C15H17N3O3S3. The smallest absolute Gasteiger partial charge is 0.342 e. The Morgan fingerprint density at radius 3 is 2.75 bits per heavy atom. The number of aromatic nitrogens is 1. The topological polar surface area (TPSA) is 65.3 Å². The van der Waals surface area contributed by atoms with E-state index >= 15 is 0 Å². The maximum atomic E-state index is 12.7. The number of carboxylic acid groups (broad SMARTS) is 1. The fourth-order valence-electron chi connectivity index (χ4n) is 3.05. The maximum absolute atomic E-state index is 12.7. The number of carbonyl (C=O) groups is 1. The minimum atomic E-state index is -1.14. The van der Waals surface area contributed by atoms with Gasteiger partial charge in [-0.1, -0.05) is 11.8 Å². The Morgan fingerprint density at radius 2 is 2.04 bits per heavy atom. The van der Waals surface area contributed by atoms with Crippen LogP contribution in [0.25, 0.3) is 4.83 Å². The molecule has 0 radical (unpaired) electrons. The van der Waals surface area contributed by atoms with Crippen molar-refractivity contribution in [1.29, 1.82) is 0 Å². The average Bonchev–Trinajstić information content (AvgIpc) is 3.04. The predicted molar refractivity (Wildman–Crippen MR) is 98.5 cm³/mol. The Balaban J connectivity index is 1.74. The first-order valence-electron chi connectivity index (χ1n) is 7.65. The van der Waals surface area contributed by atoms with E-state index in [-0.39, 0.29) is 15.7 Å². The number of rotatable bonds is 2. The van der Waals surface area contributed by atoms with Gasteiger partial charge in [0.15, 0.2) is 0 Å². The van der Waals surface area contributed by atoms with Crippen LogP contribution in [0.4, 0.5) is 0 Å². The van der Waals surface area contributed by atoms with Crippen molar-refractivity contribution in [2.45, 2.75) is 15.5 Å². The van der Waals surface area contributed by atoms with E-state index in [1.165, 1.54) is 11.3 Å². The third kappa shape index (κ3) is 2.68. The molecule has 0 aromatic carbocycles. The van der Waals surface area contributed by atoms with Gasteiger partial charge in [0.1, 0.15) is 15.1 Å². The van der Waals surface area contributed by atoms with Gasteiger partial charge in [0.2, 0.25) is 5.43 Å². The molecule has 24 heavy (non-hydrogen) atoms. The molecule has 1 saturated heterocycles. The highest BCUT2D eigenvalue weighted by Crippen LogP contribution is 2.43. The van der Waals surface area contributed by atoms with Gasteiger partial charge in [-0.25, -0.2) is 4.79 Å². The summed E-state index contributed by atoms with van der Waals surface area (Å²) in [7, 11) is 2.13. The molecule has 0 spiro atoms. The number of nitrogens with zero attached hydrogens (tertiary/aromatic N) is 3. The van der Waals surface area contributed by atoms with E-state index in [4.69, 9.17) is 0 Å². The van der Waals surface area contributed by atoms with Crippen LogP contribution in [0.15, 0.2) is 21.4 Å². The van der Waals surface area contributed by atoms with Crippen molar-refractivity contribution in [2.24, 2.45) is 0 Å². The Labute approximate surface area is 151 Å². The molecule has 1 unspecified atom stereocenters. The molecule has 0 saturated carbocycles. The van der Waals surface area contributed by atoms with Crippen LogP contribution >= 0.6 is 34.9 Å². The molecule has 0 aliphatic carbocycles. The third-order valence-electron chi connectivity index (χ3n) is 4.43. The molecule has 1 N–H and O–H groups in total. The molecule has 2 aromatic rings. The minimum Gasteiger partial charge on any atom is -0.477 e. The monoisotopic (exact) mass is 383 g/mol. The first-order valence-corrected chi connectivity index (χ1v) is 10.5. The van der Waals surface area contributed by atoms with Crippen molar-refractivity contribution >= 4 is 45.7 Å². The lowest BCUT2D eigenvalue weighted by atomic mass is 10.2. The second-order valence-electron chi connectivity index (χ2n) is 5.95. The number of hydrogen-bond acceptors (Lipinski definition) is 7. The zero-order valence-corrected chi connectivity index (χ0v) is 15.5. The summed E-state index contributed by atoms with van der Waals surface area (Å²) >= 11 is 4.72. The van der Waals surface area contributed by atoms with Gasteiger partial charge in [0.05, 0.1) is 5.03 Å². The van der Waals surface area contributed by atoms with Crippen molar-refractivity contribution in [3.63, 3.8) is 0 Å². The molecule has 128 valence electrons. The first-order chi connectivity index (χ1) is 11.6. The number of aromatic carboxylic acids is 1. The first kappa shape index (κ1) is 16.5. The second kappa shape index (κ2) is 6.38. The van der Waals surface area contributed by atoms with E-state index in [9.17, 15) is 14.7 Å². The molecule has 4 rings (SSSR count). The quantitative estimate of drug-likeness (QED) is 0.850. The molecule has 2 aromatic heterocycles. The van der Waals surface area contributed by atoms with Gasteiger partial charge in [-0.15, -0.1) is 23.1 Å². The van der Waals surface area contributed by atoms with Crippen molar-refractivity contribution in [3.8, 4) is 0 Å². The van der Waals surface area contributed by atoms with E-state index in [1.807, 2.05) is 16.0 Å². The van der Waals surface area contributed by atoms with E-state index in [1.54, 1.807) is 23.5 Å². The molecule has 0 bridgehead atoms. The van der Waals surface area contributed by atoms with E-state index in [0.29, 0.717) is 16.1 Å². The fourth-order valence-corrected chi connectivity index (χ4v) is 6.95. The van der Waals surface area contributed by atoms with Crippen LogP contribution in [-0.4, -0.2) is 63.2 Å². The lowest BCUT2D eigenvalue weighted by Gasteiger charge is -2.38. The van der Waals surface area contributed by atoms with Gasteiger partial charge in [-0.2, -0.15) is 0 Å². The number of pyridine rings is 1. The van der Waals surface area contributed by atoms with Crippen LogP contribution < -0.4 is 5.43 Å². The zero-order chi connectivity index (χ0) is 16.8. The van der Waals surface area contributed by atoms with Crippen molar-refractivity contribution in [1.82, 2.24) is 14.2 Å². The van der Waals surface area contributed by atoms with Crippen LogP contribution in [0.3, 0.4) is 0 Å². The normalized spacial score (nSPS) is 22.6. The third-order valence-corrected chi connectivity index (χ3v) is 8.22. The summed E-state index contributed by atoms with van der Waals surface area (Å²) in [6, 6.07) is 0. The Hall–Kier alpha value is -1.000. The molecule has 9 heteroatoms. The standard InChI is InChI=1S/C15H17N3O3S3/c1-16-2-4-17(5-3-16)15-23-8-9-11(19)10(14(20)21)13-18(6-7-22-13)12(9)24-15/h6-7,15H,2-5,8H2,1H3,(H,20,21). The Morgan fingerprint density at radius 1 is 1.29 bits per heavy atom. The van der Waals surface area contributed by atoms with Gasteiger partial charge in [-0.3, -0.25) is 9.69 Å². The zero-order valence-electron chi connectivity index (χ0n) is 13.1. The number of carboxylic acids is 1. The number of likely N-dealkylation sites (N-methyl/N-ethyl adjacent to an activating group) is 1. The molecule has 2 aliphatic rings. The second-order valence-corrected chi connectivity index (χ2v) is 9.28. The molecule has 0 amide bonds. The lowest BCUT2D eigenvalue weighted by Crippen LogP contribution is -2.47. The lowest BCUT2D eigenvalue weighted by molar-refractivity contribution is 0.0697. The number of hydrogen-bond donors (Lipinski definition) is 1. The summed E-state index contributed by atoms with van der Waals surface area (Å²) in [6.07, 6.45) is 1.87. The van der Waals surface area contributed by atoms with E-state index in [2.05, 4.69) is 16.8 Å². The predicted octanol–water partition coefficient (Wildman–Crippen LogP) is 1.93. The number of thioether (sulfide) groups is 2. The van der Waals surface area contributed by atoms with Gasteiger partial charge >= 0.3 is 5.97 Å². The molecule has 2 aliphatic heterocycles. The summed E-state index contributed by atoms with van der Waals surface area (Å²) in [5, 5.41) is 12.2. The SMILES string of the molecule is CN1CCN(C2SCc3c(n4ccsc4c(C(=O)O)c3=O)S2)CC1. The van der Waals surface area contributed by atoms with Crippen LogP contribution in [0, 0.1) is 0 Å². The molecule has 1 fully saturated rings. The van der Waals surface area contributed by atoms with E-state index < -0.39 is 5.97 Å². The summed E-state index contributed by atoms with van der Waals surface area (Å²) in [5.41, 5.74) is 0.212. The van der Waals surface area contributed by atoms with Crippen LogP contribution in [0.5, 0.6) is 0 Å².